The maximum atomic E-state index is 15.1. The zero-order valence-corrected chi connectivity index (χ0v) is 17.3. The fourth-order valence-corrected chi connectivity index (χ4v) is 3.77. The monoisotopic (exact) mass is 442 g/mol. The molecule has 0 radical (unpaired) electrons. The number of aromatic nitrogens is 3. The number of aryl methyl sites for hydroxylation is 1. The van der Waals surface area contributed by atoms with Gasteiger partial charge in [0.05, 0.1) is 5.52 Å². The van der Waals surface area contributed by atoms with E-state index in [-0.39, 0.29) is 23.3 Å². The van der Waals surface area contributed by atoms with Crippen LogP contribution in [0.5, 0.6) is 0 Å². The van der Waals surface area contributed by atoms with Crippen molar-refractivity contribution in [2.75, 3.05) is 20.1 Å². The molecule has 2 aromatic heterocycles. The fourth-order valence-electron chi connectivity index (χ4n) is 3.77. The summed E-state index contributed by atoms with van der Waals surface area (Å²) < 4.78 is 50.9. The Morgan fingerprint density at radius 3 is 2.81 bits per heavy atom. The van der Waals surface area contributed by atoms with Crippen molar-refractivity contribution in [1.82, 2.24) is 25.2 Å². The number of amides is 1. The number of aromatic amines is 1. The number of carbonyl (C=O) groups is 1. The molecule has 1 amide bonds. The number of benzene rings is 1. The second-order valence-corrected chi connectivity index (χ2v) is 7.50. The van der Waals surface area contributed by atoms with Crippen LogP contribution in [0, 0.1) is 11.8 Å². The van der Waals surface area contributed by atoms with Gasteiger partial charge in [0.15, 0.2) is 5.82 Å². The van der Waals surface area contributed by atoms with E-state index < -0.39 is 30.2 Å². The van der Waals surface area contributed by atoms with Gasteiger partial charge >= 0.3 is 0 Å². The van der Waals surface area contributed by atoms with Crippen LogP contribution in [0.25, 0.3) is 16.6 Å². The molecule has 1 aliphatic heterocycles. The van der Waals surface area contributed by atoms with E-state index in [2.05, 4.69) is 15.0 Å². The van der Waals surface area contributed by atoms with Crippen molar-refractivity contribution >= 4 is 22.5 Å². The summed E-state index contributed by atoms with van der Waals surface area (Å²) in [5.74, 6) is -2.38. The van der Waals surface area contributed by atoms with E-state index in [0.29, 0.717) is 48.3 Å². The Bertz CT molecular complexity index is 1390. The molecule has 0 saturated heterocycles. The number of hydrogen-bond acceptors (Lipinski definition) is 5. The van der Waals surface area contributed by atoms with E-state index in [1.54, 1.807) is 24.4 Å². The number of halogens is 2. The van der Waals surface area contributed by atoms with Crippen LogP contribution in [-0.2, 0) is 13.0 Å². The Hall–Kier alpha value is -3.46. The van der Waals surface area contributed by atoms with Crippen molar-refractivity contribution < 1.29 is 17.7 Å². The van der Waals surface area contributed by atoms with Crippen molar-refractivity contribution in [1.29, 1.82) is 0 Å². The number of rotatable bonds is 5. The molecule has 0 atom stereocenters. The first-order valence-electron chi connectivity index (χ1n) is 11.7. The first kappa shape index (κ1) is 18.1. The fraction of sp³-hybridized carbons (Fsp3) is 0.304. The molecule has 166 valence electrons. The first-order valence-corrected chi connectivity index (χ1v) is 10.2. The van der Waals surface area contributed by atoms with Crippen molar-refractivity contribution in [2.45, 2.75) is 26.3 Å². The molecular weight excluding hydrogens is 416 g/mol. The lowest BCUT2D eigenvalue weighted by Gasteiger charge is -2.26. The summed E-state index contributed by atoms with van der Waals surface area (Å²) in [6.07, 6.45) is 2.72. The van der Waals surface area contributed by atoms with Gasteiger partial charge in [0.2, 0.25) is 5.95 Å². The van der Waals surface area contributed by atoms with Gasteiger partial charge in [0.1, 0.15) is 16.9 Å². The average molecular weight is 442 g/mol. The highest BCUT2D eigenvalue weighted by Gasteiger charge is 2.20. The lowest BCUT2D eigenvalue weighted by Crippen LogP contribution is -2.29. The Morgan fingerprint density at radius 2 is 2.12 bits per heavy atom. The smallest absolute Gasteiger partial charge is 0.270 e. The van der Waals surface area contributed by atoms with Crippen molar-refractivity contribution in [3.63, 3.8) is 0 Å². The second kappa shape index (κ2) is 8.96. The van der Waals surface area contributed by atoms with Gasteiger partial charge in [0.25, 0.3) is 11.5 Å². The molecule has 32 heavy (non-hydrogen) atoms. The predicted molar refractivity (Wildman–Crippen MR) is 117 cm³/mol. The summed E-state index contributed by atoms with van der Waals surface area (Å²) in [6, 6.07) is 6.00. The normalized spacial score (nSPS) is 16.2. The molecule has 4 rings (SSSR count). The lowest BCUT2D eigenvalue weighted by atomic mass is 10.00. The van der Waals surface area contributed by atoms with Gasteiger partial charge in [-0.3, -0.25) is 14.5 Å². The Morgan fingerprint density at radius 1 is 1.28 bits per heavy atom. The number of H-pyrrole nitrogens is 1. The quantitative estimate of drug-likeness (QED) is 0.593. The molecule has 3 heterocycles. The zero-order chi connectivity index (χ0) is 25.3. The molecule has 2 N–H and O–H groups in total. The maximum absolute atomic E-state index is 15.1. The summed E-state index contributed by atoms with van der Waals surface area (Å²) in [7, 11) is 0. The van der Waals surface area contributed by atoms with E-state index in [4.69, 9.17) is 4.11 Å². The van der Waals surface area contributed by atoms with Crippen LogP contribution in [0.2, 0.25) is 0 Å². The summed E-state index contributed by atoms with van der Waals surface area (Å²) in [6.45, 7) is 0.348. The predicted octanol–water partition coefficient (Wildman–Crippen LogP) is 2.81. The summed E-state index contributed by atoms with van der Waals surface area (Å²) >= 11 is 0. The lowest BCUT2D eigenvalue weighted by molar-refractivity contribution is 0.0957. The average Bonchev–Trinajstić information content (AvgIpc) is 2.80. The van der Waals surface area contributed by atoms with Crippen LogP contribution in [0.4, 0.5) is 8.78 Å². The Balaban J connectivity index is 1.48. The highest BCUT2D eigenvalue weighted by atomic mass is 19.1. The Kier molecular flexibility index (Phi) is 5.08. The van der Waals surface area contributed by atoms with E-state index in [0.717, 1.165) is 0 Å². The van der Waals surface area contributed by atoms with Crippen LogP contribution in [-0.4, -0.2) is 45.8 Å². The largest absolute Gasteiger partial charge is 0.354 e. The third kappa shape index (κ3) is 4.16. The number of nitrogens with one attached hydrogen (secondary N) is 2. The van der Waals surface area contributed by atoms with Crippen LogP contribution in [0.1, 0.15) is 44.8 Å². The summed E-state index contributed by atoms with van der Waals surface area (Å²) in [4.78, 5) is 36.3. The first-order chi connectivity index (χ1) is 16.6. The third-order valence-electron chi connectivity index (χ3n) is 5.52. The van der Waals surface area contributed by atoms with E-state index in [1.807, 2.05) is 11.0 Å². The highest BCUT2D eigenvalue weighted by molar-refractivity contribution is 5.92. The molecule has 0 unspecified atom stereocenters. The summed E-state index contributed by atoms with van der Waals surface area (Å²) in [5, 5.41) is 1.77. The molecule has 7 nitrogen and oxygen atoms in total. The van der Waals surface area contributed by atoms with Crippen molar-refractivity contribution in [3.05, 3.63) is 75.0 Å². The van der Waals surface area contributed by atoms with Gasteiger partial charge < -0.3 is 10.3 Å². The topological polar surface area (TPSA) is 91.0 Å². The molecule has 1 aliphatic rings. The van der Waals surface area contributed by atoms with Crippen LogP contribution < -0.4 is 10.9 Å². The van der Waals surface area contributed by atoms with Crippen LogP contribution in [0.15, 0.2) is 35.1 Å². The molecule has 0 fully saturated rings. The van der Waals surface area contributed by atoms with Crippen LogP contribution in [0.3, 0.4) is 0 Å². The summed E-state index contributed by atoms with van der Waals surface area (Å²) in [5.41, 5.74) is 1.41. The second-order valence-electron chi connectivity index (χ2n) is 7.50. The van der Waals surface area contributed by atoms with Gasteiger partial charge in [0, 0.05) is 41.8 Å². The number of hydrogen-bond donors (Lipinski definition) is 2. The van der Waals surface area contributed by atoms with Crippen molar-refractivity contribution in [2.24, 2.45) is 0 Å². The zero-order valence-electron chi connectivity index (χ0n) is 20.3. The number of fused-ring (bicyclic) bond motifs is 1. The Labute approximate surface area is 187 Å². The molecule has 0 saturated carbocycles. The minimum absolute atomic E-state index is 0.0775. The van der Waals surface area contributed by atoms with E-state index in [1.165, 1.54) is 12.1 Å². The SMILES string of the molecule is [2H]C([2H])([2H])NC(=O)c1ccc(C2=CCN(Cc3ccc4nc(CC)c(=O)[nH]c4c3F)CC2)c(F)n1. The standard InChI is InChI=1S/C23H23F2N5O2/c1-3-16-23(32)29-20-17(27-16)6-4-14(19(20)24)12-30-10-8-13(9-11-30)15-5-7-18(22(31)26-2)28-21(15)25/h4-8H,3,9-12H2,1-2H3,(H,26,31)(H,29,32)/i2D3. The molecule has 9 heteroatoms. The van der Waals surface area contributed by atoms with Gasteiger partial charge in [-0.25, -0.2) is 14.4 Å². The van der Waals surface area contributed by atoms with E-state index in [9.17, 15) is 14.0 Å². The van der Waals surface area contributed by atoms with Crippen LogP contribution >= 0.6 is 0 Å². The highest BCUT2D eigenvalue weighted by Crippen LogP contribution is 2.26. The van der Waals surface area contributed by atoms with Gasteiger partial charge in [-0.2, -0.15) is 4.39 Å². The molecule has 0 bridgehead atoms. The van der Waals surface area contributed by atoms with Gasteiger partial charge in [-0.1, -0.05) is 19.1 Å². The van der Waals surface area contributed by atoms with E-state index >= 15 is 4.39 Å². The molecule has 0 spiro atoms. The minimum atomic E-state index is -2.70. The maximum Gasteiger partial charge on any atom is 0.270 e. The number of nitrogens with zero attached hydrogens (tertiary/aromatic N) is 3. The third-order valence-corrected chi connectivity index (χ3v) is 5.52. The minimum Gasteiger partial charge on any atom is -0.354 e. The molecule has 3 aromatic rings. The number of carbonyl (C=O) groups excluding carboxylic acids is 1. The molecule has 1 aromatic carbocycles. The van der Waals surface area contributed by atoms with Gasteiger partial charge in [-0.05, 0) is 36.6 Å². The molecule has 0 aliphatic carbocycles. The number of pyridine rings is 1. The van der Waals surface area contributed by atoms with Crippen molar-refractivity contribution in [3.8, 4) is 0 Å². The molecular formula is C23H23F2N5O2. The van der Waals surface area contributed by atoms with Gasteiger partial charge in [-0.15, -0.1) is 0 Å².